The Morgan fingerprint density at radius 3 is 2.63 bits per heavy atom. The maximum absolute atomic E-state index is 12.0. The van der Waals surface area contributed by atoms with Crippen LogP contribution < -0.4 is 0 Å². The van der Waals surface area contributed by atoms with Gasteiger partial charge in [0.2, 0.25) is 5.91 Å². The van der Waals surface area contributed by atoms with Crippen LogP contribution in [0.15, 0.2) is 27.3 Å². The highest BCUT2D eigenvalue weighted by molar-refractivity contribution is 9.10. The monoisotopic (exact) mass is 329 g/mol. The van der Waals surface area contributed by atoms with Crippen LogP contribution in [-0.4, -0.2) is 36.5 Å². The molecule has 1 aromatic rings. The second-order valence-corrected chi connectivity index (χ2v) is 4.89. The quantitative estimate of drug-likeness (QED) is 0.615. The molecule has 0 radical (unpaired) electrons. The Labute approximate surface area is 120 Å². The summed E-state index contributed by atoms with van der Waals surface area (Å²) in [7, 11) is 1.29. The van der Waals surface area contributed by atoms with Gasteiger partial charge < -0.3 is 14.1 Å². The largest absolute Gasteiger partial charge is 0.468 e. The van der Waals surface area contributed by atoms with E-state index >= 15 is 0 Å². The van der Waals surface area contributed by atoms with Gasteiger partial charge in [-0.15, -0.1) is 0 Å². The second kappa shape index (κ2) is 7.13. The van der Waals surface area contributed by atoms with E-state index in [1.807, 2.05) is 13.8 Å². The minimum absolute atomic E-state index is 0.0702. The molecule has 1 amide bonds. The Bertz CT molecular complexity index is 479. The molecule has 0 unspecified atom stereocenters. The molecule has 5 nitrogen and oxygen atoms in total. The lowest BCUT2D eigenvalue weighted by Gasteiger charge is -2.23. The number of carbonyl (C=O) groups is 2. The average Bonchev–Trinajstić information content (AvgIpc) is 2.78. The van der Waals surface area contributed by atoms with E-state index in [4.69, 9.17) is 4.42 Å². The molecule has 0 aromatic carbocycles. The number of ether oxygens (including phenoxy) is 1. The molecule has 1 rings (SSSR count). The highest BCUT2D eigenvalue weighted by Gasteiger charge is 2.18. The van der Waals surface area contributed by atoms with Crippen LogP contribution in [0.1, 0.15) is 19.6 Å². The van der Waals surface area contributed by atoms with E-state index in [1.54, 1.807) is 18.2 Å². The van der Waals surface area contributed by atoms with Gasteiger partial charge in [0.1, 0.15) is 12.3 Å². The third-order valence-electron chi connectivity index (χ3n) is 2.42. The van der Waals surface area contributed by atoms with E-state index in [2.05, 4.69) is 20.7 Å². The first-order valence-electron chi connectivity index (χ1n) is 5.75. The number of rotatable bonds is 5. The standard InChI is InChI=1S/C13H16BrNO4/c1-9(2)15(8-13(17)18-3)12(16)7-5-10-4-6-11(14)19-10/h4-7,9H,8H2,1-3H3/b7-5+. The Kier molecular flexibility index (Phi) is 5.82. The zero-order valence-corrected chi connectivity index (χ0v) is 12.6. The molecule has 0 aliphatic heterocycles. The van der Waals surface area contributed by atoms with Crippen LogP contribution in [-0.2, 0) is 14.3 Å². The molecule has 6 heteroatoms. The van der Waals surface area contributed by atoms with Crippen LogP contribution in [0.4, 0.5) is 0 Å². The van der Waals surface area contributed by atoms with Crippen LogP contribution in [0.3, 0.4) is 0 Å². The van der Waals surface area contributed by atoms with Crippen LogP contribution >= 0.6 is 15.9 Å². The van der Waals surface area contributed by atoms with Gasteiger partial charge >= 0.3 is 5.97 Å². The predicted octanol–water partition coefficient (Wildman–Crippen LogP) is 2.47. The molecule has 1 heterocycles. The van der Waals surface area contributed by atoms with Gasteiger partial charge in [-0.05, 0) is 48.0 Å². The van der Waals surface area contributed by atoms with Gasteiger partial charge in [-0.1, -0.05) is 0 Å². The fourth-order valence-electron chi connectivity index (χ4n) is 1.39. The lowest BCUT2D eigenvalue weighted by molar-refractivity contribution is -0.146. The average molecular weight is 330 g/mol. The first kappa shape index (κ1) is 15.5. The highest BCUT2D eigenvalue weighted by atomic mass is 79.9. The lowest BCUT2D eigenvalue weighted by atomic mass is 10.3. The number of carbonyl (C=O) groups excluding carboxylic acids is 2. The van der Waals surface area contributed by atoms with Gasteiger partial charge in [-0.25, -0.2) is 0 Å². The number of nitrogens with zero attached hydrogens (tertiary/aromatic N) is 1. The van der Waals surface area contributed by atoms with Crippen LogP contribution in [0.5, 0.6) is 0 Å². The maximum atomic E-state index is 12.0. The van der Waals surface area contributed by atoms with Gasteiger partial charge in [0, 0.05) is 12.1 Å². The summed E-state index contributed by atoms with van der Waals surface area (Å²) in [5.74, 6) is -0.161. The molecule has 0 fully saturated rings. The van der Waals surface area contributed by atoms with Crippen molar-refractivity contribution >= 4 is 33.9 Å². The van der Waals surface area contributed by atoms with Crippen molar-refractivity contribution in [2.45, 2.75) is 19.9 Å². The zero-order chi connectivity index (χ0) is 14.4. The first-order valence-corrected chi connectivity index (χ1v) is 6.54. The number of furan rings is 1. The van der Waals surface area contributed by atoms with Gasteiger partial charge in [0.05, 0.1) is 7.11 Å². The van der Waals surface area contributed by atoms with Crippen molar-refractivity contribution in [3.8, 4) is 0 Å². The van der Waals surface area contributed by atoms with Crippen molar-refractivity contribution in [1.82, 2.24) is 4.90 Å². The summed E-state index contributed by atoms with van der Waals surface area (Å²) < 4.78 is 10.4. The third-order valence-corrected chi connectivity index (χ3v) is 2.84. The summed E-state index contributed by atoms with van der Waals surface area (Å²) in [5.41, 5.74) is 0. The number of hydrogen-bond acceptors (Lipinski definition) is 4. The molecule has 0 N–H and O–H groups in total. The van der Waals surface area contributed by atoms with Crippen molar-refractivity contribution in [3.05, 3.63) is 28.6 Å². The summed E-state index contributed by atoms with van der Waals surface area (Å²) in [6.07, 6.45) is 2.92. The normalized spacial score (nSPS) is 11.0. The summed E-state index contributed by atoms with van der Waals surface area (Å²) >= 11 is 3.18. The van der Waals surface area contributed by atoms with Crippen molar-refractivity contribution in [2.75, 3.05) is 13.7 Å². The molecule has 0 spiro atoms. The molecular weight excluding hydrogens is 314 g/mol. The molecule has 0 atom stereocenters. The van der Waals surface area contributed by atoms with E-state index in [1.165, 1.54) is 18.1 Å². The number of halogens is 1. The number of methoxy groups -OCH3 is 1. The Morgan fingerprint density at radius 2 is 2.16 bits per heavy atom. The van der Waals surface area contributed by atoms with Crippen molar-refractivity contribution < 1.29 is 18.7 Å². The van der Waals surface area contributed by atoms with Crippen LogP contribution in [0.25, 0.3) is 6.08 Å². The number of esters is 1. The Morgan fingerprint density at radius 1 is 1.47 bits per heavy atom. The molecule has 0 aliphatic rings. The fraction of sp³-hybridized carbons (Fsp3) is 0.385. The molecule has 0 saturated carbocycles. The molecular formula is C13H16BrNO4. The SMILES string of the molecule is COC(=O)CN(C(=O)/C=C/c1ccc(Br)o1)C(C)C. The maximum Gasteiger partial charge on any atom is 0.325 e. The van der Waals surface area contributed by atoms with Gasteiger partial charge in [0.25, 0.3) is 0 Å². The molecule has 0 aliphatic carbocycles. The molecule has 0 saturated heterocycles. The van der Waals surface area contributed by atoms with Gasteiger partial charge in [0.15, 0.2) is 4.67 Å². The van der Waals surface area contributed by atoms with Gasteiger partial charge in [-0.3, -0.25) is 9.59 Å². The molecule has 0 bridgehead atoms. The Balaban J connectivity index is 2.72. The van der Waals surface area contributed by atoms with E-state index in [0.717, 1.165) is 0 Å². The number of amides is 1. The van der Waals surface area contributed by atoms with Crippen molar-refractivity contribution in [2.24, 2.45) is 0 Å². The molecule has 104 valence electrons. The van der Waals surface area contributed by atoms with E-state index in [-0.39, 0.29) is 18.5 Å². The highest BCUT2D eigenvalue weighted by Crippen LogP contribution is 2.15. The molecule has 1 aromatic heterocycles. The summed E-state index contributed by atoms with van der Waals surface area (Å²) in [6.45, 7) is 3.59. The first-order chi connectivity index (χ1) is 8.93. The van der Waals surface area contributed by atoms with Crippen LogP contribution in [0, 0.1) is 0 Å². The molecule has 19 heavy (non-hydrogen) atoms. The number of hydrogen-bond donors (Lipinski definition) is 0. The minimum Gasteiger partial charge on any atom is -0.468 e. The predicted molar refractivity (Wildman–Crippen MR) is 74.3 cm³/mol. The summed E-state index contributed by atoms with van der Waals surface area (Å²) in [6, 6.07) is 3.37. The second-order valence-electron chi connectivity index (χ2n) is 4.11. The summed E-state index contributed by atoms with van der Waals surface area (Å²) in [4.78, 5) is 24.7. The summed E-state index contributed by atoms with van der Waals surface area (Å²) in [5, 5.41) is 0. The van der Waals surface area contributed by atoms with E-state index in [9.17, 15) is 9.59 Å². The van der Waals surface area contributed by atoms with Crippen molar-refractivity contribution in [1.29, 1.82) is 0 Å². The minimum atomic E-state index is -0.448. The van der Waals surface area contributed by atoms with Crippen molar-refractivity contribution in [3.63, 3.8) is 0 Å². The van der Waals surface area contributed by atoms with E-state index in [0.29, 0.717) is 10.4 Å². The van der Waals surface area contributed by atoms with E-state index < -0.39 is 5.97 Å². The smallest absolute Gasteiger partial charge is 0.325 e. The third kappa shape index (κ3) is 4.90. The van der Waals surface area contributed by atoms with Crippen LogP contribution in [0.2, 0.25) is 0 Å². The fourth-order valence-corrected chi connectivity index (χ4v) is 1.70. The topological polar surface area (TPSA) is 59.8 Å². The Hall–Kier alpha value is -1.56. The zero-order valence-electron chi connectivity index (χ0n) is 11.1. The van der Waals surface area contributed by atoms with Gasteiger partial charge in [-0.2, -0.15) is 0 Å². The lowest BCUT2D eigenvalue weighted by Crippen LogP contribution is -2.40.